The number of hydrogen-bond donors (Lipinski definition) is 3. The van der Waals surface area contributed by atoms with Crippen LogP contribution in [0.3, 0.4) is 0 Å². The number of hydrogen-bond acceptors (Lipinski definition) is 4. The molecule has 2 amide bonds. The predicted octanol–water partition coefficient (Wildman–Crippen LogP) is 1.94. The van der Waals surface area contributed by atoms with Crippen molar-refractivity contribution in [2.75, 3.05) is 27.3 Å². The number of amides is 2. The van der Waals surface area contributed by atoms with Crippen molar-refractivity contribution in [3.8, 4) is 11.5 Å². The molecule has 0 aliphatic rings. The third-order valence-corrected chi connectivity index (χ3v) is 2.97. The summed E-state index contributed by atoms with van der Waals surface area (Å²) < 4.78 is 11.0. The fourth-order valence-corrected chi connectivity index (χ4v) is 1.78. The average molecular weight is 359 g/mol. The van der Waals surface area contributed by atoms with Gasteiger partial charge in [-0.15, -0.1) is 0 Å². The van der Waals surface area contributed by atoms with Crippen LogP contribution in [0, 0.1) is 0 Å². The third-order valence-electron chi connectivity index (χ3n) is 2.69. The van der Waals surface area contributed by atoms with Gasteiger partial charge in [0.25, 0.3) is 0 Å². The van der Waals surface area contributed by atoms with E-state index in [0.717, 1.165) is 0 Å². The smallest absolute Gasteiger partial charge is 0.315 e. The second-order valence-electron chi connectivity index (χ2n) is 4.20. The number of nitrogens with one attached hydrogen (secondary N) is 2. The summed E-state index contributed by atoms with van der Waals surface area (Å²) in [6, 6.07) is 4.71. The minimum Gasteiger partial charge on any atom is -0.497 e. The first-order chi connectivity index (χ1) is 9.97. The Hall–Kier alpha value is -1.73. The molecule has 1 atom stereocenters. The van der Waals surface area contributed by atoms with Gasteiger partial charge in [0.15, 0.2) is 0 Å². The Morgan fingerprint density at radius 3 is 2.67 bits per heavy atom. The van der Waals surface area contributed by atoms with Crippen LogP contribution in [0.5, 0.6) is 11.5 Å². The van der Waals surface area contributed by atoms with Crippen molar-refractivity contribution in [2.24, 2.45) is 0 Å². The molecule has 0 aliphatic heterocycles. The van der Waals surface area contributed by atoms with Crippen molar-refractivity contribution < 1.29 is 19.4 Å². The molecule has 0 spiro atoms. The van der Waals surface area contributed by atoms with E-state index in [1.54, 1.807) is 18.2 Å². The molecule has 21 heavy (non-hydrogen) atoms. The van der Waals surface area contributed by atoms with Gasteiger partial charge in [-0.2, -0.15) is 0 Å². The van der Waals surface area contributed by atoms with Crippen LogP contribution in [0.15, 0.2) is 29.3 Å². The van der Waals surface area contributed by atoms with E-state index in [1.807, 2.05) is 0 Å². The molecule has 116 valence electrons. The second kappa shape index (κ2) is 8.53. The van der Waals surface area contributed by atoms with Crippen LogP contribution in [0.25, 0.3) is 0 Å². The summed E-state index contributed by atoms with van der Waals surface area (Å²) in [5, 5.41) is 15.3. The molecule has 1 aromatic rings. The van der Waals surface area contributed by atoms with Gasteiger partial charge in [0.2, 0.25) is 0 Å². The number of carbonyl (C=O) groups is 1. The number of rotatable bonds is 7. The van der Waals surface area contributed by atoms with E-state index in [-0.39, 0.29) is 6.54 Å². The molecule has 3 N–H and O–H groups in total. The number of methoxy groups -OCH3 is 2. The highest BCUT2D eigenvalue weighted by atomic mass is 79.9. The number of carbonyl (C=O) groups excluding carboxylic acids is 1. The minimum atomic E-state index is -0.909. The monoisotopic (exact) mass is 358 g/mol. The molecule has 0 heterocycles. The van der Waals surface area contributed by atoms with Gasteiger partial charge in [0.05, 0.1) is 20.8 Å². The van der Waals surface area contributed by atoms with Gasteiger partial charge >= 0.3 is 6.03 Å². The maximum Gasteiger partial charge on any atom is 0.315 e. The Morgan fingerprint density at radius 1 is 1.38 bits per heavy atom. The summed E-state index contributed by atoms with van der Waals surface area (Å²) in [6.45, 7) is 3.96. The minimum absolute atomic E-state index is 0.0458. The quantitative estimate of drug-likeness (QED) is 0.695. The molecule has 0 bridgehead atoms. The Kier molecular flexibility index (Phi) is 7.04. The number of halogens is 1. The largest absolute Gasteiger partial charge is 0.497 e. The molecule has 0 aromatic heterocycles. The number of ether oxygens (including phenoxy) is 2. The lowest BCUT2D eigenvalue weighted by Crippen LogP contribution is -2.38. The van der Waals surface area contributed by atoms with Gasteiger partial charge in [0.1, 0.15) is 17.6 Å². The van der Waals surface area contributed by atoms with Crippen LogP contribution in [0.4, 0.5) is 4.79 Å². The van der Waals surface area contributed by atoms with E-state index in [9.17, 15) is 9.90 Å². The van der Waals surface area contributed by atoms with Crippen molar-refractivity contribution >= 4 is 22.0 Å². The van der Waals surface area contributed by atoms with Gasteiger partial charge in [0, 0.05) is 16.6 Å². The van der Waals surface area contributed by atoms with Gasteiger partial charge < -0.3 is 25.2 Å². The van der Waals surface area contributed by atoms with E-state index < -0.39 is 12.1 Å². The van der Waals surface area contributed by atoms with Crippen molar-refractivity contribution in [3.05, 3.63) is 34.8 Å². The zero-order valence-corrected chi connectivity index (χ0v) is 13.6. The molecule has 1 rings (SSSR count). The molecule has 7 heteroatoms. The topological polar surface area (TPSA) is 79.8 Å². The molecule has 1 aromatic carbocycles. The van der Waals surface area contributed by atoms with Crippen LogP contribution in [0.1, 0.15) is 11.7 Å². The number of aliphatic hydroxyl groups is 1. The van der Waals surface area contributed by atoms with Crippen LogP contribution < -0.4 is 20.1 Å². The first kappa shape index (κ1) is 17.3. The zero-order valence-electron chi connectivity index (χ0n) is 12.0. The van der Waals surface area contributed by atoms with Gasteiger partial charge in [-0.05, 0) is 18.2 Å². The van der Waals surface area contributed by atoms with E-state index in [1.165, 1.54) is 14.2 Å². The normalized spacial score (nSPS) is 11.4. The van der Waals surface area contributed by atoms with Crippen molar-refractivity contribution in [2.45, 2.75) is 6.10 Å². The Labute approximate surface area is 132 Å². The van der Waals surface area contributed by atoms with Crippen molar-refractivity contribution in [1.82, 2.24) is 10.6 Å². The van der Waals surface area contributed by atoms with Gasteiger partial charge in [-0.3, -0.25) is 0 Å². The van der Waals surface area contributed by atoms with Gasteiger partial charge in [-0.25, -0.2) is 4.79 Å². The maximum atomic E-state index is 11.5. The highest BCUT2D eigenvalue weighted by molar-refractivity contribution is 9.11. The lowest BCUT2D eigenvalue weighted by molar-refractivity contribution is 0.169. The Morgan fingerprint density at radius 2 is 2.10 bits per heavy atom. The molecule has 0 fully saturated rings. The third kappa shape index (κ3) is 5.65. The molecular weight excluding hydrogens is 340 g/mol. The van der Waals surface area contributed by atoms with E-state index in [4.69, 9.17) is 9.47 Å². The number of benzene rings is 1. The molecule has 1 unspecified atom stereocenters. The highest BCUT2D eigenvalue weighted by Crippen LogP contribution is 2.28. The lowest BCUT2D eigenvalue weighted by Gasteiger charge is -2.16. The molecule has 0 radical (unpaired) electrons. The molecule has 0 aliphatic carbocycles. The summed E-state index contributed by atoms with van der Waals surface area (Å²) >= 11 is 3.14. The van der Waals surface area contributed by atoms with Crippen LogP contribution in [-0.4, -0.2) is 38.4 Å². The maximum absolute atomic E-state index is 11.5. The van der Waals surface area contributed by atoms with Crippen LogP contribution in [0.2, 0.25) is 0 Å². The van der Waals surface area contributed by atoms with E-state index in [2.05, 4.69) is 33.1 Å². The van der Waals surface area contributed by atoms with E-state index in [0.29, 0.717) is 28.1 Å². The number of urea groups is 1. The second-order valence-corrected chi connectivity index (χ2v) is 5.33. The summed E-state index contributed by atoms with van der Waals surface area (Å²) in [6.07, 6.45) is -0.909. The fourth-order valence-electron chi connectivity index (χ4n) is 1.64. The predicted molar refractivity (Wildman–Crippen MR) is 84.0 cm³/mol. The summed E-state index contributed by atoms with van der Waals surface area (Å²) in [5.74, 6) is 1.13. The Balaban J connectivity index is 2.64. The summed E-state index contributed by atoms with van der Waals surface area (Å²) in [7, 11) is 3.05. The average Bonchev–Trinajstić information content (AvgIpc) is 2.49. The first-order valence-corrected chi connectivity index (χ1v) is 7.02. The molecule has 6 nitrogen and oxygen atoms in total. The summed E-state index contributed by atoms with van der Waals surface area (Å²) in [5.41, 5.74) is 0.544. The van der Waals surface area contributed by atoms with E-state index >= 15 is 0 Å². The fraction of sp³-hybridized carbons (Fsp3) is 0.357. The Bertz CT molecular complexity index is 508. The van der Waals surface area contributed by atoms with Crippen molar-refractivity contribution in [3.63, 3.8) is 0 Å². The molecule has 0 saturated carbocycles. The lowest BCUT2D eigenvalue weighted by atomic mass is 10.1. The standard InChI is InChI=1S/C14H19BrN2O4/c1-9(15)7-16-14(19)17-8-12(18)11-6-10(20-2)4-5-13(11)21-3/h4-6,12,18H,1,7-8H2,2-3H3,(H2,16,17,19). The first-order valence-electron chi connectivity index (χ1n) is 6.23. The SMILES string of the molecule is C=C(Br)CNC(=O)NCC(O)c1cc(OC)ccc1OC. The molecule has 0 saturated heterocycles. The summed E-state index contributed by atoms with van der Waals surface area (Å²) in [4.78, 5) is 11.5. The number of aliphatic hydroxyl groups excluding tert-OH is 1. The molecular formula is C14H19BrN2O4. The van der Waals surface area contributed by atoms with Crippen LogP contribution in [-0.2, 0) is 0 Å². The van der Waals surface area contributed by atoms with Crippen molar-refractivity contribution in [1.29, 1.82) is 0 Å². The highest BCUT2D eigenvalue weighted by Gasteiger charge is 2.15. The zero-order chi connectivity index (χ0) is 15.8. The van der Waals surface area contributed by atoms with Crippen LogP contribution >= 0.6 is 15.9 Å². The van der Waals surface area contributed by atoms with Gasteiger partial charge in [-0.1, -0.05) is 22.5 Å².